The summed E-state index contributed by atoms with van der Waals surface area (Å²) in [6.45, 7) is 11.3. The summed E-state index contributed by atoms with van der Waals surface area (Å²) >= 11 is 0. The fourth-order valence-electron chi connectivity index (χ4n) is 3.14. The van der Waals surface area contributed by atoms with E-state index in [1.54, 1.807) is 11.8 Å². The molecule has 0 unspecified atom stereocenters. The van der Waals surface area contributed by atoms with Gasteiger partial charge in [-0.1, -0.05) is 45.0 Å². The minimum atomic E-state index is -0.277. The fraction of sp³-hybridized carbons (Fsp3) is 0.619. The van der Waals surface area contributed by atoms with Gasteiger partial charge in [0.25, 0.3) is 0 Å². The topological polar surface area (TPSA) is 49.9 Å². The molecular weight excluding hydrogens is 328 g/mol. The van der Waals surface area contributed by atoms with Crippen LogP contribution in [-0.2, 0) is 21.4 Å². The Kier molecular flexibility index (Phi) is 7.06. The quantitative estimate of drug-likeness (QED) is 0.824. The van der Waals surface area contributed by atoms with Gasteiger partial charge in [-0.05, 0) is 36.3 Å². The normalized spacial score (nSPS) is 15.5. The number of carbonyl (C=O) groups excluding carboxylic acids is 2. The number of hydrogen-bond acceptors (Lipinski definition) is 3. The Hall–Kier alpha value is -2.04. The second kappa shape index (κ2) is 9.06. The average molecular weight is 360 g/mol. The van der Waals surface area contributed by atoms with Crippen LogP contribution in [0.5, 0.6) is 0 Å². The molecule has 1 fully saturated rings. The molecule has 0 saturated carbocycles. The zero-order valence-corrected chi connectivity index (χ0v) is 16.6. The summed E-state index contributed by atoms with van der Waals surface area (Å²) in [5.41, 5.74) is 2.64. The number of aryl methyl sites for hydroxylation is 1. The molecule has 26 heavy (non-hydrogen) atoms. The van der Waals surface area contributed by atoms with Gasteiger partial charge in [0.05, 0.1) is 6.61 Å². The van der Waals surface area contributed by atoms with Gasteiger partial charge in [0.1, 0.15) is 0 Å². The molecule has 5 heteroatoms. The van der Waals surface area contributed by atoms with Crippen molar-refractivity contribution in [2.75, 3.05) is 32.8 Å². The van der Waals surface area contributed by atoms with Crippen molar-refractivity contribution in [1.82, 2.24) is 9.80 Å². The Morgan fingerprint density at radius 3 is 2.23 bits per heavy atom. The molecule has 0 N–H and O–H groups in total. The van der Waals surface area contributed by atoms with Gasteiger partial charge in [0.2, 0.25) is 5.91 Å². The number of ether oxygens (including phenoxy) is 1. The summed E-state index contributed by atoms with van der Waals surface area (Å²) in [5.74, 6) is 0.163. The average Bonchev–Trinajstić information content (AvgIpc) is 2.86. The second-order valence-electron chi connectivity index (χ2n) is 7.87. The van der Waals surface area contributed by atoms with Crippen LogP contribution < -0.4 is 0 Å². The minimum absolute atomic E-state index is 0.144. The van der Waals surface area contributed by atoms with Crippen LogP contribution in [0, 0.1) is 0 Å². The highest BCUT2D eigenvalue weighted by Gasteiger charge is 2.22. The molecule has 1 saturated heterocycles. The number of amides is 2. The molecule has 144 valence electrons. The van der Waals surface area contributed by atoms with Gasteiger partial charge in [0, 0.05) is 32.6 Å². The minimum Gasteiger partial charge on any atom is -0.450 e. The Morgan fingerprint density at radius 1 is 1.00 bits per heavy atom. The first-order valence-corrected chi connectivity index (χ1v) is 9.60. The van der Waals surface area contributed by atoms with Crippen LogP contribution in [0.1, 0.15) is 51.7 Å². The van der Waals surface area contributed by atoms with E-state index in [1.165, 1.54) is 11.1 Å². The number of benzene rings is 1. The van der Waals surface area contributed by atoms with E-state index in [4.69, 9.17) is 4.74 Å². The predicted octanol–water partition coefficient (Wildman–Crippen LogP) is 3.61. The smallest absolute Gasteiger partial charge is 0.409 e. The van der Waals surface area contributed by atoms with Gasteiger partial charge in [-0.3, -0.25) is 4.79 Å². The first-order valence-electron chi connectivity index (χ1n) is 9.60. The van der Waals surface area contributed by atoms with E-state index in [1.807, 2.05) is 4.90 Å². The molecule has 5 nitrogen and oxygen atoms in total. The van der Waals surface area contributed by atoms with Gasteiger partial charge >= 0.3 is 6.09 Å². The number of carbonyl (C=O) groups is 2. The van der Waals surface area contributed by atoms with Gasteiger partial charge in [-0.2, -0.15) is 0 Å². The number of nitrogens with zero attached hydrogens (tertiary/aromatic N) is 2. The fourth-order valence-corrected chi connectivity index (χ4v) is 3.14. The first-order chi connectivity index (χ1) is 12.3. The first kappa shape index (κ1) is 20.3. The molecule has 0 spiro atoms. The van der Waals surface area contributed by atoms with Gasteiger partial charge < -0.3 is 14.5 Å². The van der Waals surface area contributed by atoms with E-state index >= 15 is 0 Å². The summed E-state index contributed by atoms with van der Waals surface area (Å²) in [5, 5.41) is 0. The van der Waals surface area contributed by atoms with E-state index in [-0.39, 0.29) is 17.4 Å². The van der Waals surface area contributed by atoms with Crippen LogP contribution in [0.3, 0.4) is 0 Å². The molecule has 1 aromatic carbocycles. The molecule has 0 aliphatic carbocycles. The Bertz CT molecular complexity index is 605. The van der Waals surface area contributed by atoms with Crippen molar-refractivity contribution < 1.29 is 14.3 Å². The van der Waals surface area contributed by atoms with Crippen molar-refractivity contribution in [3.8, 4) is 0 Å². The molecule has 1 aliphatic rings. The SMILES string of the molecule is CCOC(=O)N1CCCN(C(=O)CCc2ccc(C(C)(C)C)cc2)CC1. The summed E-state index contributed by atoms with van der Waals surface area (Å²) in [7, 11) is 0. The zero-order chi connectivity index (χ0) is 19.2. The lowest BCUT2D eigenvalue weighted by Crippen LogP contribution is -2.37. The molecule has 1 heterocycles. The lowest BCUT2D eigenvalue weighted by Gasteiger charge is -2.22. The maximum atomic E-state index is 12.5. The Labute approximate surface area is 157 Å². The van der Waals surface area contributed by atoms with Gasteiger partial charge in [-0.15, -0.1) is 0 Å². The van der Waals surface area contributed by atoms with Crippen LogP contribution in [0.4, 0.5) is 4.79 Å². The number of rotatable bonds is 4. The summed E-state index contributed by atoms with van der Waals surface area (Å²) in [6, 6.07) is 8.56. The largest absolute Gasteiger partial charge is 0.450 e. The van der Waals surface area contributed by atoms with Crippen LogP contribution in [0.2, 0.25) is 0 Å². The van der Waals surface area contributed by atoms with Crippen LogP contribution in [0.25, 0.3) is 0 Å². The molecular formula is C21H32N2O3. The van der Waals surface area contributed by atoms with E-state index in [9.17, 15) is 9.59 Å². The molecule has 1 aliphatic heterocycles. The molecule has 2 rings (SSSR count). The van der Waals surface area contributed by atoms with Crippen molar-refractivity contribution in [2.45, 2.75) is 52.4 Å². The van der Waals surface area contributed by atoms with E-state index in [0.717, 1.165) is 12.8 Å². The monoisotopic (exact) mass is 360 g/mol. The molecule has 0 bridgehead atoms. The third kappa shape index (κ3) is 5.75. The highest BCUT2D eigenvalue weighted by atomic mass is 16.6. The molecule has 0 radical (unpaired) electrons. The summed E-state index contributed by atoms with van der Waals surface area (Å²) in [4.78, 5) is 28.0. The molecule has 0 aromatic heterocycles. The Morgan fingerprint density at radius 2 is 1.62 bits per heavy atom. The third-order valence-electron chi connectivity index (χ3n) is 4.82. The van der Waals surface area contributed by atoms with Crippen molar-refractivity contribution in [3.05, 3.63) is 35.4 Å². The summed E-state index contributed by atoms with van der Waals surface area (Å²) in [6.07, 6.45) is 1.78. The van der Waals surface area contributed by atoms with Crippen LogP contribution in [0.15, 0.2) is 24.3 Å². The van der Waals surface area contributed by atoms with E-state index < -0.39 is 0 Å². The molecule has 0 atom stereocenters. The van der Waals surface area contributed by atoms with E-state index in [2.05, 4.69) is 45.0 Å². The van der Waals surface area contributed by atoms with E-state index in [0.29, 0.717) is 39.2 Å². The second-order valence-corrected chi connectivity index (χ2v) is 7.87. The van der Waals surface area contributed by atoms with Crippen molar-refractivity contribution >= 4 is 12.0 Å². The summed E-state index contributed by atoms with van der Waals surface area (Å²) < 4.78 is 5.05. The third-order valence-corrected chi connectivity index (χ3v) is 4.82. The highest BCUT2D eigenvalue weighted by molar-refractivity contribution is 5.76. The van der Waals surface area contributed by atoms with Crippen LogP contribution >= 0.6 is 0 Å². The molecule has 2 amide bonds. The van der Waals surface area contributed by atoms with Crippen molar-refractivity contribution in [1.29, 1.82) is 0 Å². The highest BCUT2D eigenvalue weighted by Crippen LogP contribution is 2.22. The lowest BCUT2D eigenvalue weighted by atomic mass is 9.86. The van der Waals surface area contributed by atoms with Crippen molar-refractivity contribution in [3.63, 3.8) is 0 Å². The van der Waals surface area contributed by atoms with Gasteiger partial charge in [0.15, 0.2) is 0 Å². The van der Waals surface area contributed by atoms with Crippen LogP contribution in [-0.4, -0.2) is 54.6 Å². The predicted molar refractivity (Wildman–Crippen MR) is 103 cm³/mol. The Balaban J connectivity index is 1.83. The maximum absolute atomic E-state index is 12.5. The maximum Gasteiger partial charge on any atom is 0.409 e. The van der Waals surface area contributed by atoms with Crippen molar-refractivity contribution in [2.24, 2.45) is 0 Å². The molecule has 1 aromatic rings. The number of hydrogen-bond donors (Lipinski definition) is 0. The standard InChI is InChI=1S/C21H32N2O3/c1-5-26-20(25)23-14-6-13-22(15-16-23)19(24)12-9-17-7-10-18(11-8-17)21(2,3)4/h7-8,10-11H,5-6,9,12-16H2,1-4H3. The zero-order valence-electron chi connectivity index (χ0n) is 16.6. The lowest BCUT2D eigenvalue weighted by molar-refractivity contribution is -0.131. The van der Waals surface area contributed by atoms with Gasteiger partial charge in [-0.25, -0.2) is 4.79 Å².